The van der Waals surface area contributed by atoms with Gasteiger partial charge >= 0.3 is 5.97 Å². The molecule has 14 nitrogen and oxygen atoms in total. The lowest BCUT2D eigenvalue weighted by molar-refractivity contribution is -0.145. The van der Waals surface area contributed by atoms with Gasteiger partial charge in [0.1, 0.15) is 12.1 Å². The maximum atomic E-state index is 13.2. The molecule has 2 rings (SSSR count). The molecule has 0 aliphatic rings. The third-order valence-electron chi connectivity index (χ3n) is 5.23. The van der Waals surface area contributed by atoms with Crippen molar-refractivity contribution in [3.05, 3.63) is 36.4 Å². The van der Waals surface area contributed by atoms with E-state index in [2.05, 4.69) is 35.9 Å². The van der Waals surface area contributed by atoms with Crippen molar-refractivity contribution in [3.63, 3.8) is 0 Å². The zero-order chi connectivity index (χ0) is 26.7. The molecular weight excluding hydrogens is 492 g/mol. The highest BCUT2D eigenvalue weighted by molar-refractivity contribution is 7.98. The van der Waals surface area contributed by atoms with Crippen LogP contribution >= 0.6 is 11.8 Å². The fraction of sp³-hybridized carbons (Fsp3) is 0.524. The Labute approximate surface area is 211 Å². The molecule has 2 heterocycles. The fourth-order valence-corrected chi connectivity index (χ4v) is 3.72. The van der Waals surface area contributed by atoms with Crippen molar-refractivity contribution < 1.29 is 29.4 Å². The summed E-state index contributed by atoms with van der Waals surface area (Å²) in [7, 11) is 0. The SMILES string of the molecule is CSCCC(NC(=O)C(N)Cc1cnc[nH]1)C(=O)NC(Cc1cnc[nH]1)C(=O)NC(C(=O)O)C(C)O. The Balaban J connectivity index is 2.14. The highest BCUT2D eigenvalue weighted by Crippen LogP contribution is 2.06. The summed E-state index contributed by atoms with van der Waals surface area (Å²) < 4.78 is 0. The molecule has 0 aliphatic heterocycles. The van der Waals surface area contributed by atoms with Crippen LogP contribution in [0.5, 0.6) is 0 Å². The van der Waals surface area contributed by atoms with E-state index in [0.29, 0.717) is 17.1 Å². The van der Waals surface area contributed by atoms with Crippen LogP contribution in [0.25, 0.3) is 0 Å². The normalized spacial score (nSPS) is 15.2. The van der Waals surface area contributed by atoms with Crippen LogP contribution in [-0.2, 0) is 32.0 Å². The lowest BCUT2D eigenvalue weighted by Crippen LogP contribution is -2.59. The number of rotatable bonds is 15. The standard InChI is InChI=1S/C21H32N8O6S/c1-11(30)17(21(34)35)29-20(33)16(6-13-8-24-10-26-13)28-19(32)15(3-4-36-2)27-18(31)14(22)5-12-7-23-9-25-12/h7-11,14-17,30H,3-6,22H2,1-2H3,(H,23,25)(H,24,26)(H,27,31)(H,28,32)(H,29,33)(H,34,35). The van der Waals surface area contributed by atoms with Crippen LogP contribution in [0, 0.1) is 0 Å². The number of aliphatic hydroxyl groups excluding tert-OH is 1. The maximum Gasteiger partial charge on any atom is 0.328 e. The number of carboxylic acid groups (broad SMARTS) is 1. The predicted octanol–water partition coefficient (Wildman–Crippen LogP) is -2.08. The maximum absolute atomic E-state index is 13.2. The molecule has 3 amide bonds. The molecule has 0 spiro atoms. The minimum Gasteiger partial charge on any atom is -0.480 e. The Bertz CT molecular complexity index is 985. The number of imidazole rings is 2. The van der Waals surface area contributed by atoms with E-state index in [-0.39, 0.29) is 19.3 Å². The summed E-state index contributed by atoms with van der Waals surface area (Å²) in [5.41, 5.74) is 7.15. The van der Waals surface area contributed by atoms with E-state index in [9.17, 15) is 29.4 Å². The number of carbonyl (C=O) groups is 4. The average molecular weight is 525 g/mol. The number of nitrogens with one attached hydrogen (secondary N) is 5. The first-order valence-electron chi connectivity index (χ1n) is 11.1. The Morgan fingerprint density at radius 2 is 1.53 bits per heavy atom. The van der Waals surface area contributed by atoms with Gasteiger partial charge in [0, 0.05) is 36.6 Å². The lowest BCUT2D eigenvalue weighted by Gasteiger charge is -2.25. The third-order valence-corrected chi connectivity index (χ3v) is 5.88. The van der Waals surface area contributed by atoms with E-state index in [1.807, 2.05) is 6.26 Å². The molecule has 5 atom stereocenters. The van der Waals surface area contributed by atoms with Crippen LogP contribution in [0.15, 0.2) is 25.0 Å². The van der Waals surface area contributed by atoms with Crippen molar-refractivity contribution >= 4 is 35.5 Å². The number of aliphatic hydroxyl groups is 1. The molecule has 0 bridgehead atoms. The number of aromatic nitrogens is 4. The molecular formula is C21H32N8O6S. The third kappa shape index (κ3) is 8.98. The van der Waals surface area contributed by atoms with Gasteiger partial charge in [-0.1, -0.05) is 0 Å². The van der Waals surface area contributed by atoms with Gasteiger partial charge in [0.2, 0.25) is 17.7 Å². The number of nitrogens with zero attached hydrogens (tertiary/aromatic N) is 2. The molecule has 0 radical (unpaired) electrons. The predicted molar refractivity (Wildman–Crippen MR) is 131 cm³/mol. The van der Waals surface area contributed by atoms with Gasteiger partial charge in [-0.3, -0.25) is 14.4 Å². The first-order chi connectivity index (χ1) is 17.1. The smallest absolute Gasteiger partial charge is 0.328 e. The van der Waals surface area contributed by atoms with Crippen LogP contribution in [0.4, 0.5) is 0 Å². The number of amides is 3. The zero-order valence-electron chi connectivity index (χ0n) is 19.9. The molecule has 15 heteroatoms. The molecule has 5 unspecified atom stereocenters. The average Bonchev–Trinajstić information content (AvgIpc) is 3.53. The van der Waals surface area contributed by atoms with Gasteiger partial charge in [0.25, 0.3) is 0 Å². The number of aromatic amines is 2. The number of nitrogens with two attached hydrogens (primary N) is 1. The van der Waals surface area contributed by atoms with Crippen LogP contribution in [0.1, 0.15) is 24.7 Å². The number of thioether (sulfide) groups is 1. The van der Waals surface area contributed by atoms with Crippen molar-refractivity contribution in [1.29, 1.82) is 0 Å². The molecule has 198 valence electrons. The molecule has 0 aromatic carbocycles. The number of carbonyl (C=O) groups excluding carboxylic acids is 3. The molecule has 2 aromatic rings. The molecule has 36 heavy (non-hydrogen) atoms. The molecule has 0 saturated carbocycles. The summed E-state index contributed by atoms with van der Waals surface area (Å²) in [6, 6.07) is -4.74. The van der Waals surface area contributed by atoms with Crippen molar-refractivity contribution in [1.82, 2.24) is 35.9 Å². The first-order valence-corrected chi connectivity index (χ1v) is 12.5. The molecule has 9 N–H and O–H groups in total. The Kier molecular flexibility index (Phi) is 11.4. The Morgan fingerprint density at radius 1 is 0.972 bits per heavy atom. The summed E-state index contributed by atoms with van der Waals surface area (Å²) in [5.74, 6) is -2.91. The van der Waals surface area contributed by atoms with E-state index >= 15 is 0 Å². The van der Waals surface area contributed by atoms with Gasteiger partial charge in [-0.2, -0.15) is 11.8 Å². The fourth-order valence-electron chi connectivity index (χ4n) is 3.25. The van der Waals surface area contributed by atoms with E-state index in [1.165, 1.54) is 37.5 Å². The monoisotopic (exact) mass is 524 g/mol. The number of hydrogen-bond acceptors (Lipinski definition) is 9. The van der Waals surface area contributed by atoms with Crippen LogP contribution in [0.3, 0.4) is 0 Å². The van der Waals surface area contributed by atoms with Crippen molar-refractivity contribution in [2.45, 2.75) is 56.5 Å². The summed E-state index contributed by atoms with van der Waals surface area (Å²) in [6.45, 7) is 1.22. The summed E-state index contributed by atoms with van der Waals surface area (Å²) in [4.78, 5) is 63.6. The van der Waals surface area contributed by atoms with Crippen molar-refractivity contribution in [3.8, 4) is 0 Å². The van der Waals surface area contributed by atoms with Crippen LogP contribution < -0.4 is 21.7 Å². The Hall–Kier alpha value is -3.43. The topological polar surface area (TPSA) is 228 Å². The highest BCUT2D eigenvalue weighted by Gasteiger charge is 2.32. The van der Waals surface area contributed by atoms with Gasteiger partial charge in [-0.25, -0.2) is 14.8 Å². The second kappa shape index (κ2) is 14.2. The number of hydrogen-bond donors (Lipinski definition) is 8. The zero-order valence-corrected chi connectivity index (χ0v) is 20.7. The summed E-state index contributed by atoms with van der Waals surface area (Å²) in [5, 5.41) is 26.5. The number of aliphatic carboxylic acids is 1. The van der Waals surface area contributed by atoms with Gasteiger partial charge in [0.15, 0.2) is 6.04 Å². The summed E-state index contributed by atoms with van der Waals surface area (Å²) >= 11 is 1.47. The largest absolute Gasteiger partial charge is 0.480 e. The van der Waals surface area contributed by atoms with Crippen LogP contribution in [0.2, 0.25) is 0 Å². The van der Waals surface area contributed by atoms with Gasteiger partial charge in [-0.05, 0) is 25.4 Å². The Morgan fingerprint density at radius 3 is 2.03 bits per heavy atom. The summed E-state index contributed by atoms with van der Waals surface area (Å²) in [6.07, 6.45) is 6.74. The molecule has 0 fully saturated rings. The van der Waals surface area contributed by atoms with E-state index in [0.717, 1.165) is 0 Å². The van der Waals surface area contributed by atoms with E-state index < -0.39 is 54.0 Å². The van der Waals surface area contributed by atoms with E-state index in [4.69, 9.17) is 5.73 Å². The first kappa shape index (κ1) is 28.8. The quantitative estimate of drug-likeness (QED) is 0.127. The van der Waals surface area contributed by atoms with Crippen molar-refractivity contribution in [2.24, 2.45) is 5.73 Å². The van der Waals surface area contributed by atoms with Crippen LogP contribution in [-0.4, -0.2) is 96.1 Å². The number of H-pyrrole nitrogens is 2. The molecule has 2 aromatic heterocycles. The number of carboxylic acids is 1. The van der Waals surface area contributed by atoms with Gasteiger partial charge in [0.05, 0.1) is 24.8 Å². The minimum atomic E-state index is -1.58. The van der Waals surface area contributed by atoms with E-state index in [1.54, 1.807) is 6.20 Å². The highest BCUT2D eigenvalue weighted by atomic mass is 32.2. The second-order valence-electron chi connectivity index (χ2n) is 8.14. The minimum absolute atomic E-state index is 0.0355. The molecule has 0 saturated heterocycles. The van der Waals surface area contributed by atoms with Gasteiger partial charge < -0.3 is 41.9 Å². The van der Waals surface area contributed by atoms with Gasteiger partial charge in [-0.15, -0.1) is 0 Å². The lowest BCUT2D eigenvalue weighted by atomic mass is 10.1. The second-order valence-corrected chi connectivity index (χ2v) is 9.12. The van der Waals surface area contributed by atoms with Crippen molar-refractivity contribution in [2.75, 3.05) is 12.0 Å². The molecule has 0 aliphatic carbocycles.